The molecular weight excluding hydrogens is 360 g/mol. The van der Waals surface area contributed by atoms with Gasteiger partial charge in [-0.3, -0.25) is 9.79 Å². The van der Waals surface area contributed by atoms with Crippen molar-refractivity contribution in [2.45, 2.75) is 0 Å². The fourth-order valence-electron chi connectivity index (χ4n) is 3.16. The van der Waals surface area contributed by atoms with Crippen molar-refractivity contribution in [3.63, 3.8) is 0 Å². The second kappa shape index (κ2) is 7.15. The smallest absolute Gasteiger partial charge is 0.279 e. The first-order valence-electron chi connectivity index (χ1n) is 8.59. The maximum atomic E-state index is 14.4. The number of para-hydroxylation sites is 1. The number of fused-ring (bicyclic) bond motifs is 1. The molecule has 0 atom stereocenters. The minimum atomic E-state index is -0.859. The molecule has 4 rings (SSSR count). The van der Waals surface area contributed by atoms with Crippen molar-refractivity contribution < 1.29 is 8.78 Å². The van der Waals surface area contributed by atoms with E-state index in [1.165, 1.54) is 6.07 Å². The van der Waals surface area contributed by atoms with E-state index < -0.39 is 22.9 Å². The van der Waals surface area contributed by atoms with E-state index in [0.717, 1.165) is 22.4 Å². The number of hydrogen-bond acceptors (Lipinski definition) is 3. The van der Waals surface area contributed by atoms with Gasteiger partial charge in [0.2, 0.25) is 0 Å². The van der Waals surface area contributed by atoms with Crippen LogP contribution in [0, 0.1) is 11.6 Å². The summed E-state index contributed by atoms with van der Waals surface area (Å²) in [6, 6.07) is 17.7. The molecule has 4 nitrogen and oxygen atoms in total. The molecule has 0 saturated carbocycles. The van der Waals surface area contributed by atoms with Gasteiger partial charge in [0, 0.05) is 24.2 Å². The fraction of sp³-hybridized carbons (Fsp3) is 0.0455. The fourth-order valence-corrected chi connectivity index (χ4v) is 3.16. The minimum Gasteiger partial charge on any atom is -0.296 e. The van der Waals surface area contributed by atoms with Crippen LogP contribution in [0.2, 0.25) is 0 Å². The van der Waals surface area contributed by atoms with Gasteiger partial charge in [-0.05, 0) is 29.8 Å². The molecule has 0 saturated heterocycles. The van der Waals surface area contributed by atoms with Gasteiger partial charge in [-0.2, -0.15) is 9.78 Å². The summed E-state index contributed by atoms with van der Waals surface area (Å²) in [5.74, 6) is -1.72. The molecule has 28 heavy (non-hydrogen) atoms. The van der Waals surface area contributed by atoms with Gasteiger partial charge in [0.05, 0.1) is 11.1 Å². The highest BCUT2D eigenvalue weighted by molar-refractivity contribution is 5.95. The SMILES string of the molecule is C/N=C\c1cccc(-c2nn(-c3c(F)cccc3F)c(=O)c3ccccc23)c1. The Labute approximate surface area is 159 Å². The molecule has 0 fully saturated rings. The van der Waals surface area contributed by atoms with Crippen LogP contribution in [-0.4, -0.2) is 23.0 Å². The van der Waals surface area contributed by atoms with Gasteiger partial charge in [-0.1, -0.05) is 42.5 Å². The molecule has 0 N–H and O–H groups in total. The predicted molar refractivity (Wildman–Crippen MR) is 106 cm³/mol. The summed E-state index contributed by atoms with van der Waals surface area (Å²) >= 11 is 0. The standard InChI is InChI=1S/C22H15F2N3O/c1-25-13-14-6-4-7-15(12-14)20-16-8-2-3-9-17(16)22(28)27(26-20)21-18(23)10-5-11-19(21)24/h2-13H,1H3/b25-13-. The molecule has 0 aliphatic heterocycles. The molecule has 0 bridgehead atoms. The first-order valence-corrected chi connectivity index (χ1v) is 8.59. The lowest BCUT2D eigenvalue weighted by Gasteiger charge is -2.12. The van der Waals surface area contributed by atoms with Gasteiger partial charge in [0.15, 0.2) is 11.6 Å². The Bertz CT molecular complexity index is 1260. The molecule has 0 amide bonds. The average Bonchev–Trinajstić information content (AvgIpc) is 2.70. The lowest BCUT2D eigenvalue weighted by atomic mass is 10.0. The molecule has 4 aromatic rings. The molecule has 1 aromatic heterocycles. The van der Waals surface area contributed by atoms with Crippen molar-refractivity contribution in [1.29, 1.82) is 0 Å². The zero-order chi connectivity index (χ0) is 19.7. The zero-order valence-electron chi connectivity index (χ0n) is 14.9. The number of aromatic nitrogens is 2. The van der Waals surface area contributed by atoms with E-state index in [2.05, 4.69) is 10.1 Å². The van der Waals surface area contributed by atoms with Gasteiger partial charge >= 0.3 is 0 Å². The van der Waals surface area contributed by atoms with E-state index in [-0.39, 0.29) is 0 Å². The first kappa shape index (κ1) is 17.7. The van der Waals surface area contributed by atoms with Crippen LogP contribution in [0.5, 0.6) is 0 Å². The average molecular weight is 375 g/mol. The maximum Gasteiger partial charge on any atom is 0.279 e. The summed E-state index contributed by atoms with van der Waals surface area (Å²) in [5, 5.41) is 5.27. The number of hydrogen-bond donors (Lipinski definition) is 0. The molecular formula is C22H15F2N3O. The van der Waals surface area contributed by atoms with E-state index >= 15 is 0 Å². The van der Waals surface area contributed by atoms with Crippen molar-refractivity contribution in [1.82, 2.24) is 9.78 Å². The first-order chi connectivity index (χ1) is 13.6. The molecule has 0 radical (unpaired) electrons. The van der Waals surface area contributed by atoms with Crippen molar-refractivity contribution in [2.24, 2.45) is 4.99 Å². The summed E-state index contributed by atoms with van der Waals surface area (Å²) in [7, 11) is 1.67. The molecule has 0 unspecified atom stereocenters. The molecule has 0 spiro atoms. The van der Waals surface area contributed by atoms with E-state index in [9.17, 15) is 13.6 Å². The van der Waals surface area contributed by atoms with Crippen LogP contribution < -0.4 is 5.56 Å². The molecule has 3 aromatic carbocycles. The third kappa shape index (κ3) is 2.99. The van der Waals surface area contributed by atoms with E-state index in [1.54, 1.807) is 37.5 Å². The summed E-state index contributed by atoms with van der Waals surface area (Å²) in [5.41, 5.74) is 0.921. The van der Waals surface area contributed by atoms with Crippen molar-refractivity contribution in [3.05, 3.63) is 94.3 Å². The summed E-state index contributed by atoms with van der Waals surface area (Å²) in [4.78, 5) is 16.9. The van der Waals surface area contributed by atoms with Crippen molar-refractivity contribution >= 4 is 17.0 Å². The number of rotatable bonds is 3. The quantitative estimate of drug-likeness (QED) is 0.499. The lowest BCUT2D eigenvalue weighted by Crippen LogP contribution is -2.24. The van der Waals surface area contributed by atoms with Gasteiger partial charge in [0.25, 0.3) is 5.56 Å². The third-order valence-corrected chi connectivity index (χ3v) is 4.39. The van der Waals surface area contributed by atoms with Gasteiger partial charge in [-0.25, -0.2) is 8.78 Å². The third-order valence-electron chi connectivity index (χ3n) is 4.39. The monoisotopic (exact) mass is 375 g/mol. The van der Waals surface area contributed by atoms with E-state index in [1.807, 2.05) is 24.3 Å². The van der Waals surface area contributed by atoms with Gasteiger partial charge < -0.3 is 0 Å². The Morgan fingerprint density at radius 2 is 1.61 bits per heavy atom. The van der Waals surface area contributed by atoms with Crippen LogP contribution in [0.1, 0.15) is 5.56 Å². The molecule has 138 valence electrons. The summed E-state index contributed by atoms with van der Waals surface area (Å²) < 4.78 is 29.5. The van der Waals surface area contributed by atoms with E-state index in [4.69, 9.17) is 0 Å². The van der Waals surface area contributed by atoms with Crippen LogP contribution in [-0.2, 0) is 0 Å². The topological polar surface area (TPSA) is 47.2 Å². The van der Waals surface area contributed by atoms with Crippen LogP contribution in [0.4, 0.5) is 8.78 Å². The van der Waals surface area contributed by atoms with Crippen LogP contribution in [0.15, 0.2) is 76.5 Å². The maximum absolute atomic E-state index is 14.4. The Hall–Kier alpha value is -3.67. The Kier molecular flexibility index (Phi) is 4.53. The van der Waals surface area contributed by atoms with E-state index in [0.29, 0.717) is 22.0 Å². The Balaban J connectivity index is 2.09. The van der Waals surface area contributed by atoms with Crippen LogP contribution >= 0.6 is 0 Å². The molecule has 0 aliphatic carbocycles. The molecule has 6 heteroatoms. The van der Waals surface area contributed by atoms with Crippen LogP contribution in [0.3, 0.4) is 0 Å². The number of benzene rings is 3. The largest absolute Gasteiger partial charge is 0.296 e. The van der Waals surface area contributed by atoms with Crippen molar-refractivity contribution in [3.8, 4) is 16.9 Å². The molecule has 1 heterocycles. The second-order valence-corrected chi connectivity index (χ2v) is 6.19. The number of nitrogens with zero attached hydrogens (tertiary/aromatic N) is 3. The van der Waals surface area contributed by atoms with Gasteiger partial charge in [-0.15, -0.1) is 0 Å². The summed E-state index contributed by atoms with van der Waals surface area (Å²) in [6.07, 6.45) is 1.69. The van der Waals surface area contributed by atoms with Gasteiger partial charge in [0.1, 0.15) is 5.69 Å². The predicted octanol–water partition coefficient (Wildman–Crippen LogP) is 4.38. The number of aliphatic imine (C=N–C) groups is 1. The zero-order valence-corrected chi connectivity index (χ0v) is 14.9. The van der Waals surface area contributed by atoms with Crippen LogP contribution in [0.25, 0.3) is 27.7 Å². The Morgan fingerprint density at radius 1 is 0.929 bits per heavy atom. The second-order valence-electron chi connectivity index (χ2n) is 6.19. The normalized spacial score (nSPS) is 11.4. The summed E-state index contributed by atoms with van der Waals surface area (Å²) in [6.45, 7) is 0. The highest BCUT2D eigenvalue weighted by Gasteiger charge is 2.18. The highest BCUT2D eigenvalue weighted by Crippen LogP contribution is 2.26. The molecule has 0 aliphatic rings. The number of halogens is 2. The lowest BCUT2D eigenvalue weighted by molar-refractivity contribution is 0.556. The minimum absolute atomic E-state index is 0.324. The highest BCUT2D eigenvalue weighted by atomic mass is 19.1. The Morgan fingerprint density at radius 3 is 2.32 bits per heavy atom. The van der Waals surface area contributed by atoms with Crippen molar-refractivity contribution in [2.75, 3.05) is 7.05 Å².